The minimum atomic E-state index is -0.804. The Morgan fingerprint density at radius 1 is 0.967 bits per heavy atom. The van der Waals surface area contributed by atoms with E-state index in [-0.39, 0.29) is 12.4 Å². The van der Waals surface area contributed by atoms with Gasteiger partial charge in [-0.15, -0.1) is 12.4 Å². The van der Waals surface area contributed by atoms with Crippen LogP contribution in [0.25, 0.3) is 0 Å². The molecule has 1 N–H and O–H groups in total. The Balaban J connectivity index is 0.00000256. The highest BCUT2D eigenvalue weighted by atomic mass is 35.5. The third-order valence-corrected chi connectivity index (χ3v) is 6.10. The molecule has 1 aliphatic heterocycles. The van der Waals surface area contributed by atoms with Crippen molar-refractivity contribution in [1.29, 1.82) is 0 Å². The number of nitrogens with zero attached hydrogens (tertiary/aromatic N) is 1. The largest absolute Gasteiger partial charge is 0.478 e. The lowest BCUT2D eigenvalue weighted by Gasteiger charge is -2.25. The highest BCUT2D eigenvalue weighted by Crippen LogP contribution is 2.36. The minimum Gasteiger partial charge on any atom is -0.478 e. The van der Waals surface area contributed by atoms with Crippen molar-refractivity contribution in [1.82, 2.24) is 4.90 Å². The summed E-state index contributed by atoms with van der Waals surface area (Å²) in [6.45, 7) is 2.98. The van der Waals surface area contributed by atoms with E-state index in [1.807, 2.05) is 0 Å². The van der Waals surface area contributed by atoms with Crippen molar-refractivity contribution in [2.75, 3.05) is 26.3 Å². The molecule has 0 atom stereocenters. The van der Waals surface area contributed by atoms with E-state index >= 15 is 0 Å². The summed E-state index contributed by atoms with van der Waals surface area (Å²) >= 11 is 0. The van der Waals surface area contributed by atoms with Crippen LogP contribution in [0.5, 0.6) is 0 Å². The molecule has 1 heterocycles. The summed E-state index contributed by atoms with van der Waals surface area (Å²) in [5.74, 6) is -0.431. The van der Waals surface area contributed by atoms with Crippen molar-refractivity contribution in [3.8, 4) is 0 Å². The average Bonchev–Trinajstić information content (AvgIpc) is 2.91. The third kappa shape index (κ3) is 5.24. The van der Waals surface area contributed by atoms with Gasteiger partial charge in [-0.1, -0.05) is 48.5 Å². The maximum Gasteiger partial charge on any atom is 0.333 e. The van der Waals surface area contributed by atoms with E-state index in [1.165, 1.54) is 22.3 Å². The molecule has 0 unspecified atom stereocenters. The van der Waals surface area contributed by atoms with Gasteiger partial charge in [-0.05, 0) is 54.4 Å². The number of rotatable bonds is 7. The van der Waals surface area contributed by atoms with Crippen LogP contribution in [0.2, 0.25) is 0 Å². The fourth-order valence-corrected chi connectivity index (χ4v) is 4.60. The standard InChI is InChI=1S/C25H29NO3.ClH/c27-25(28)21-8-5-14-26(18-21)15-17-29-16-13-24-22-9-3-1-6-19(22)11-12-20-7-2-4-10-23(20)24;/h1-4,6-7,9-10,18,24H,5,8,11-17H2,(H,27,28);1H. The quantitative estimate of drug-likeness (QED) is 0.644. The van der Waals surface area contributed by atoms with E-state index in [4.69, 9.17) is 9.84 Å². The Bertz CT molecular complexity index is 848. The Kier molecular flexibility index (Phi) is 7.94. The molecule has 0 saturated heterocycles. The predicted octanol–water partition coefficient (Wildman–Crippen LogP) is 4.81. The molecule has 1 aliphatic carbocycles. The number of fused-ring (bicyclic) bond motifs is 2. The van der Waals surface area contributed by atoms with Crippen LogP contribution in [0.3, 0.4) is 0 Å². The second-order valence-corrected chi connectivity index (χ2v) is 7.95. The summed E-state index contributed by atoms with van der Waals surface area (Å²) in [6.07, 6.45) is 6.49. The lowest BCUT2D eigenvalue weighted by Crippen LogP contribution is -2.28. The van der Waals surface area contributed by atoms with Crippen molar-refractivity contribution < 1.29 is 14.6 Å². The predicted molar refractivity (Wildman–Crippen MR) is 121 cm³/mol. The lowest BCUT2D eigenvalue weighted by atomic mass is 9.86. The minimum absolute atomic E-state index is 0. The number of hydrogen-bond acceptors (Lipinski definition) is 3. The van der Waals surface area contributed by atoms with Gasteiger partial charge in [0, 0.05) is 31.8 Å². The number of aliphatic carboxylic acids is 1. The normalized spacial score (nSPS) is 16.0. The second-order valence-electron chi connectivity index (χ2n) is 7.95. The molecule has 5 heteroatoms. The third-order valence-electron chi connectivity index (χ3n) is 6.10. The molecule has 0 saturated carbocycles. The van der Waals surface area contributed by atoms with Crippen molar-refractivity contribution >= 4 is 18.4 Å². The van der Waals surface area contributed by atoms with E-state index in [9.17, 15) is 4.79 Å². The number of benzene rings is 2. The molecule has 0 aromatic heterocycles. The van der Waals surface area contributed by atoms with E-state index < -0.39 is 5.97 Å². The van der Waals surface area contributed by atoms with Crippen LogP contribution in [0, 0.1) is 0 Å². The van der Waals surface area contributed by atoms with E-state index in [0.29, 0.717) is 31.1 Å². The van der Waals surface area contributed by atoms with Gasteiger partial charge in [0.05, 0.1) is 12.2 Å². The van der Waals surface area contributed by atoms with Gasteiger partial charge in [0.2, 0.25) is 0 Å². The topological polar surface area (TPSA) is 49.8 Å². The van der Waals surface area contributed by atoms with Gasteiger partial charge in [0.1, 0.15) is 0 Å². The molecule has 0 bridgehead atoms. The molecular weight excluding hydrogens is 398 g/mol. The fourth-order valence-electron chi connectivity index (χ4n) is 4.60. The van der Waals surface area contributed by atoms with E-state index in [0.717, 1.165) is 38.8 Å². The summed E-state index contributed by atoms with van der Waals surface area (Å²) in [7, 11) is 0. The zero-order valence-corrected chi connectivity index (χ0v) is 18.1. The zero-order valence-electron chi connectivity index (χ0n) is 17.3. The molecular formula is C25H30ClNO3. The van der Waals surface area contributed by atoms with Crippen LogP contribution in [0.4, 0.5) is 0 Å². The van der Waals surface area contributed by atoms with Gasteiger partial charge in [-0.3, -0.25) is 0 Å². The lowest BCUT2D eigenvalue weighted by molar-refractivity contribution is -0.133. The van der Waals surface area contributed by atoms with Gasteiger partial charge >= 0.3 is 5.97 Å². The molecule has 0 fully saturated rings. The van der Waals surface area contributed by atoms with Gasteiger partial charge < -0.3 is 14.7 Å². The van der Waals surface area contributed by atoms with Crippen LogP contribution in [0.1, 0.15) is 47.4 Å². The number of halogens is 1. The SMILES string of the molecule is Cl.O=C(O)C1=CN(CCOCCC2c3ccccc3CCc3ccccc32)CCC1. The number of carbonyl (C=O) groups is 1. The first-order valence-corrected chi connectivity index (χ1v) is 10.6. The Labute approximate surface area is 185 Å². The first-order chi connectivity index (χ1) is 14.2. The van der Waals surface area contributed by atoms with Crippen LogP contribution < -0.4 is 0 Å². The maximum absolute atomic E-state index is 11.2. The number of carboxylic acids is 1. The molecule has 0 spiro atoms. The monoisotopic (exact) mass is 427 g/mol. The van der Waals surface area contributed by atoms with Crippen LogP contribution >= 0.6 is 12.4 Å². The molecule has 0 amide bonds. The van der Waals surface area contributed by atoms with E-state index in [1.54, 1.807) is 6.20 Å². The molecule has 2 aliphatic rings. The number of ether oxygens (including phenoxy) is 1. The van der Waals surface area contributed by atoms with Gasteiger partial charge in [-0.25, -0.2) is 4.79 Å². The smallest absolute Gasteiger partial charge is 0.333 e. The highest BCUT2D eigenvalue weighted by Gasteiger charge is 2.23. The van der Waals surface area contributed by atoms with Crippen molar-refractivity contribution in [3.63, 3.8) is 0 Å². The Morgan fingerprint density at radius 2 is 1.60 bits per heavy atom. The molecule has 4 nitrogen and oxygen atoms in total. The van der Waals surface area contributed by atoms with Crippen molar-refractivity contribution in [2.24, 2.45) is 0 Å². The fraction of sp³-hybridized carbons (Fsp3) is 0.400. The summed E-state index contributed by atoms with van der Waals surface area (Å²) in [5, 5.41) is 9.17. The molecule has 160 valence electrons. The second kappa shape index (κ2) is 10.6. The van der Waals surface area contributed by atoms with E-state index in [2.05, 4.69) is 53.4 Å². The van der Waals surface area contributed by atoms with Gasteiger partial charge in [0.25, 0.3) is 0 Å². The number of hydrogen-bond donors (Lipinski definition) is 1. The van der Waals surface area contributed by atoms with Crippen molar-refractivity contribution in [2.45, 2.75) is 38.0 Å². The zero-order chi connectivity index (χ0) is 20.1. The molecule has 4 rings (SSSR count). The molecule has 0 radical (unpaired) electrons. The average molecular weight is 428 g/mol. The van der Waals surface area contributed by atoms with Gasteiger partial charge in [0.15, 0.2) is 0 Å². The number of carboxylic acid groups (broad SMARTS) is 1. The summed E-state index contributed by atoms with van der Waals surface area (Å²) in [5.41, 5.74) is 6.28. The Morgan fingerprint density at radius 3 is 2.23 bits per heavy atom. The maximum atomic E-state index is 11.2. The molecule has 2 aromatic carbocycles. The number of aryl methyl sites for hydroxylation is 2. The Hall–Kier alpha value is -2.30. The summed E-state index contributed by atoms with van der Waals surface area (Å²) in [6, 6.07) is 17.6. The van der Waals surface area contributed by atoms with Gasteiger partial charge in [-0.2, -0.15) is 0 Å². The molecule has 2 aromatic rings. The van der Waals surface area contributed by atoms with Crippen molar-refractivity contribution in [3.05, 3.63) is 82.6 Å². The first kappa shape index (κ1) is 22.4. The summed E-state index contributed by atoms with van der Waals surface area (Å²) in [4.78, 5) is 13.2. The first-order valence-electron chi connectivity index (χ1n) is 10.6. The van der Waals surface area contributed by atoms with Crippen LogP contribution in [-0.2, 0) is 22.4 Å². The highest BCUT2D eigenvalue weighted by molar-refractivity contribution is 5.86. The summed E-state index contributed by atoms with van der Waals surface area (Å²) < 4.78 is 5.99. The van der Waals surface area contributed by atoms with Crippen LogP contribution in [0.15, 0.2) is 60.3 Å². The molecule has 30 heavy (non-hydrogen) atoms. The van der Waals surface area contributed by atoms with Crippen LogP contribution in [-0.4, -0.2) is 42.3 Å².